The van der Waals surface area contributed by atoms with E-state index < -0.39 is 0 Å². The van der Waals surface area contributed by atoms with Gasteiger partial charge in [0, 0.05) is 0 Å². The van der Waals surface area contributed by atoms with Gasteiger partial charge in [-0.2, -0.15) is 14.9 Å². The molecule has 122 valence electrons. The Hall–Kier alpha value is -2.83. The lowest BCUT2D eigenvalue weighted by molar-refractivity contribution is 0.873. The van der Waals surface area contributed by atoms with Crippen molar-refractivity contribution in [2.24, 2.45) is 5.10 Å². The summed E-state index contributed by atoms with van der Waals surface area (Å²) in [6.07, 6.45) is 1.79. The second kappa shape index (κ2) is 6.96. The number of aromatic amines is 1. The summed E-state index contributed by atoms with van der Waals surface area (Å²) in [5.41, 5.74) is 3.37. The SMILES string of the molecule is S=c1[nH]nc(-c2cccs2)n1/N=C/c1ccc(-c2ccccc2)cc1. The number of hydrogen-bond acceptors (Lipinski definition) is 4. The highest BCUT2D eigenvalue weighted by Gasteiger charge is 2.08. The maximum atomic E-state index is 5.28. The zero-order valence-corrected chi connectivity index (χ0v) is 14.8. The minimum atomic E-state index is 0.473. The van der Waals surface area contributed by atoms with Gasteiger partial charge in [0.2, 0.25) is 4.77 Å². The van der Waals surface area contributed by atoms with Crippen LogP contribution >= 0.6 is 23.6 Å². The van der Waals surface area contributed by atoms with E-state index in [1.54, 1.807) is 22.2 Å². The molecule has 0 aliphatic rings. The standard InChI is InChI=1S/C19H14N4S2/c24-19-22-21-18(17-7-4-12-25-17)23(19)20-13-14-8-10-16(11-9-14)15-5-2-1-3-6-15/h1-13H,(H,22,24)/b20-13+. The van der Waals surface area contributed by atoms with Crippen LogP contribution in [-0.2, 0) is 0 Å². The number of hydrogen-bond donors (Lipinski definition) is 1. The Balaban J connectivity index is 1.61. The predicted molar refractivity (Wildman–Crippen MR) is 106 cm³/mol. The molecule has 0 amide bonds. The highest BCUT2D eigenvalue weighted by atomic mass is 32.1. The molecule has 4 rings (SSSR count). The third-order valence-corrected chi connectivity index (χ3v) is 4.86. The normalized spacial score (nSPS) is 11.2. The smallest absolute Gasteiger partial charge is 0.216 e. The van der Waals surface area contributed by atoms with Gasteiger partial charge in [0.05, 0.1) is 11.1 Å². The highest BCUT2D eigenvalue weighted by Crippen LogP contribution is 2.23. The van der Waals surface area contributed by atoms with E-state index in [1.165, 1.54) is 11.1 Å². The molecule has 0 bridgehead atoms. The van der Waals surface area contributed by atoms with Crippen molar-refractivity contribution in [2.45, 2.75) is 0 Å². The average Bonchev–Trinajstić information content (AvgIpc) is 3.31. The molecule has 0 fully saturated rings. The van der Waals surface area contributed by atoms with Crippen molar-refractivity contribution in [3.05, 3.63) is 82.4 Å². The molecule has 0 aliphatic carbocycles. The minimum Gasteiger partial charge on any atom is -0.250 e. The van der Waals surface area contributed by atoms with E-state index >= 15 is 0 Å². The fourth-order valence-electron chi connectivity index (χ4n) is 2.48. The first-order chi connectivity index (χ1) is 12.3. The molecule has 4 nitrogen and oxygen atoms in total. The monoisotopic (exact) mass is 362 g/mol. The molecule has 0 unspecified atom stereocenters. The van der Waals surface area contributed by atoms with Crippen molar-refractivity contribution in [3.63, 3.8) is 0 Å². The van der Waals surface area contributed by atoms with Crippen molar-refractivity contribution in [1.29, 1.82) is 0 Å². The quantitative estimate of drug-likeness (QED) is 0.400. The molecule has 4 aromatic rings. The van der Waals surface area contributed by atoms with Crippen LogP contribution in [0.25, 0.3) is 21.8 Å². The molecule has 6 heteroatoms. The van der Waals surface area contributed by atoms with Crippen LogP contribution < -0.4 is 0 Å². The number of benzene rings is 2. The molecule has 2 heterocycles. The van der Waals surface area contributed by atoms with E-state index in [4.69, 9.17) is 12.2 Å². The zero-order valence-electron chi connectivity index (χ0n) is 13.2. The number of nitrogens with zero attached hydrogens (tertiary/aromatic N) is 3. The van der Waals surface area contributed by atoms with E-state index in [2.05, 4.69) is 39.6 Å². The van der Waals surface area contributed by atoms with E-state index in [1.807, 2.05) is 47.8 Å². The molecular formula is C19H14N4S2. The first-order valence-corrected chi connectivity index (χ1v) is 9.01. The van der Waals surface area contributed by atoms with Crippen LogP contribution in [0, 0.1) is 4.77 Å². The summed E-state index contributed by atoms with van der Waals surface area (Å²) < 4.78 is 2.12. The maximum absolute atomic E-state index is 5.28. The molecule has 25 heavy (non-hydrogen) atoms. The lowest BCUT2D eigenvalue weighted by atomic mass is 10.0. The van der Waals surface area contributed by atoms with E-state index in [9.17, 15) is 0 Å². The van der Waals surface area contributed by atoms with Crippen LogP contribution in [0.2, 0.25) is 0 Å². The number of rotatable bonds is 4. The third kappa shape index (κ3) is 3.35. The van der Waals surface area contributed by atoms with Crippen molar-refractivity contribution in [2.75, 3.05) is 0 Å². The first kappa shape index (κ1) is 15.7. The van der Waals surface area contributed by atoms with Gasteiger partial charge in [-0.05, 0) is 40.4 Å². The summed E-state index contributed by atoms with van der Waals surface area (Å²) in [6.45, 7) is 0. The largest absolute Gasteiger partial charge is 0.250 e. The Morgan fingerprint density at radius 1 is 0.960 bits per heavy atom. The van der Waals surface area contributed by atoms with E-state index in [0.29, 0.717) is 4.77 Å². The lowest BCUT2D eigenvalue weighted by Gasteiger charge is -2.02. The molecule has 0 spiro atoms. The van der Waals surface area contributed by atoms with Gasteiger partial charge in [-0.15, -0.1) is 11.3 Å². The van der Waals surface area contributed by atoms with Crippen molar-refractivity contribution in [3.8, 4) is 21.8 Å². The Morgan fingerprint density at radius 3 is 2.44 bits per heavy atom. The van der Waals surface area contributed by atoms with Crippen molar-refractivity contribution < 1.29 is 0 Å². The second-order valence-electron chi connectivity index (χ2n) is 5.37. The molecule has 2 aromatic carbocycles. The summed E-state index contributed by atoms with van der Waals surface area (Å²) in [4.78, 5) is 1.02. The minimum absolute atomic E-state index is 0.473. The van der Waals surface area contributed by atoms with Gasteiger partial charge in [0.25, 0.3) is 0 Å². The fraction of sp³-hybridized carbons (Fsp3) is 0. The highest BCUT2D eigenvalue weighted by molar-refractivity contribution is 7.71. The molecule has 2 aromatic heterocycles. The van der Waals surface area contributed by atoms with Gasteiger partial charge in [-0.1, -0.05) is 60.7 Å². The third-order valence-electron chi connectivity index (χ3n) is 3.73. The van der Waals surface area contributed by atoms with E-state index in [-0.39, 0.29) is 0 Å². The van der Waals surface area contributed by atoms with Crippen LogP contribution in [0.1, 0.15) is 5.56 Å². The molecule has 1 N–H and O–H groups in total. The van der Waals surface area contributed by atoms with E-state index in [0.717, 1.165) is 16.3 Å². The summed E-state index contributed by atoms with van der Waals surface area (Å²) in [5, 5.41) is 13.6. The van der Waals surface area contributed by atoms with Gasteiger partial charge in [0.1, 0.15) is 0 Å². The van der Waals surface area contributed by atoms with Crippen LogP contribution in [0.4, 0.5) is 0 Å². The van der Waals surface area contributed by atoms with Crippen LogP contribution in [-0.4, -0.2) is 21.1 Å². The van der Waals surface area contributed by atoms with Crippen LogP contribution in [0.15, 0.2) is 77.2 Å². The zero-order chi connectivity index (χ0) is 17.1. The predicted octanol–water partition coefficient (Wildman–Crippen LogP) is 5.22. The first-order valence-electron chi connectivity index (χ1n) is 7.72. The van der Waals surface area contributed by atoms with Gasteiger partial charge in [0.15, 0.2) is 5.82 Å². The second-order valence-corrected chi connectivity index (χ2v) is 6.71. The molecule has 0 atom stereocenters. The van der Waals surface area contributed by atoms with Crippen molar-refractivity contribution in [1.82, 2.24) is 14.9 Å². The number of thiophene rings is 1. The summed E-state index contributed by atoms with van der Waals surface area (Å²) >= 11 is 6.88. The van der Waals surface area contributed by atoms with Crippen molar-refractivity contribution >= 4 is 29.8 Å². The summed E-state index contributed by atoms with van der Waals surface area (Å²) in [6, 6.07) is 22.5. The lowest BCUT2D eigenvalue weighted by Crippen LogP contribution is -1.93. The van der Waals surface area contributed by atoms with Gasteiger partial charge < -0.3 is 0 Å². The Morgan fingerprint density at radius 2 is 1.72 bits per heavy atom. The number of nitrogens with one attached hydrogen (secondary N) is 1. The fourth-order valence-corrected chi connectivity index (χ4v) is 3.36. The molecule has 0 saturated heterocycles. The Labute approximate surface area is 154 Å². The van der Waals surface area contributed by atoms with Gasteiger partial charge in [-0.25, -0.2) is 5.10 Å². The van der Waals surface area contributed by atoms with Crippen LogP contribution in [0.3, 0.4) is 0 Å². The maximum Gasteiger partial charge on any atom is 0.216 e. The molecule has 0 aliphatic heterocycles. The van der Waals surface area contributed by atoms with Gasteiger partial charge in [-0.3, -0.25) is 0 Å². The number of H-pyrrole nitrogens is 1. The molecule has 0 saturated carbocycles. The molecule has 0 radical (unpaired) electrons. The number of aromatic nitrogens is 3. The Kier molecular flexibility index (Phi) is 4.37. The van der Waals surface area contributed by atoms with Gasteiger partial charge >= 0.3 is 0 Å². The summed E-state index contributed by atoms with van der Waals surface area (Å²) in [7, 11) is 0. The molecular weight excluding hydrogens is 348 g/mol. The topological polar surface area (TPSA) is 46.0 Å². The summed E-state index contributed by atoms with van der Waals surface area (Å²) in [5.74, 6) is 0.720. The Bertz CT molecular complexity index is 1040. The average molecular weight is 362 g/mol. The van der Waals surface area contributed by atoms with Crippen LogP contribution in [0.5, 0.6) is 0 Å².